The Morgan fingerprint density at radius 1 is 1.45 bits per heavy atom. The molecule has 0 aliphatic heterocycles. The number of benzene rings is 1. The van der Waals surface area contributed by atoms with Crippen LogP contribution in [0.3, 0.4) is 0 Å². The molecule has 1 heterocycles. The van der Waals surface area contributed by atoms with E-state index < -0.39 is 5.97 Å². The Morgan fingerprint density at radius 2 is 2.25 bits per heavy atom. The number of hydrogen-bond acceptors (Lipinski definition) is 4. The zero-order valence-corrected chi connectivity index (χ0v) is 11.3. The number of carboxylic acids is 1. The van der Waals surface area contributed by atoms with Gasteiger partial charge in [-0.15, -0.1) is 10.2 Å². The summed E-state index contributed by atoms with van der Waals surface area (Å²) < 4.78 is 15.2. The average molecular weight is 293 g/mol. The molecule has 0 radical (unpaired) electrons. The van der Waals surface area contributed by atoms with Gasteiger partial charge in [0.05, 0.1) is 5.75 Å². The maximum atomic E-state index is 13.3. The average Bonchev–Trinajstić information content (AvgIpc) is 3.16. The van der Waals surface area contributed by atoms with Crippen molar-refractivity contribution >= 4 is 17.7 Å². The van der Waals surface area contributed by atoms with Gasteiger partial charge in [0.25, 0.3) is 0 Å². The number of carbonyl (C=O) groups is 1. The van der Waals surface area contributed by atoms with Crippen LogP contribution in [0, 0.1) is 5.82 Å². The van der Waals surface area contributed by atoms with Crippen molar-refractivity contribution < 1.29 is 14.3 Å². The van der Waals surface area contributed by atoms with Crippen LogP contribution < -0.4 is 0 Å². The number of thioether (sulfide) groups is 1. The molecule has 20 heavy (non-hydrogen) atoms. The zero-order valence-electron chi connectivity index (χ0n) is 10.5. The van der Waals surface area contributed by atoms with Crippen LogP contribution in [0.25, 0.3) is 11.4 Å². The van der Waals surface area contributed by atoms with Crippen molar-refractivity contribution in [1.29, 1.82) is 0 Å². The predicted octanol–water partition coefficient (Wildman–Crippen LogP) is 2.60. The first-order chi connectivity index (χ1) is 9.65. The van der Waals surface area contributed by atoms with Crippen LogP contribution in [0.4, 0.5) is 4.39 Å². The van der Waals surface area contributed by atoms with Crippen LogP contribution >= 0.6 is 11.8 Å². The fourth-order valence-electron chi connectivity index (χ4n) is 1.99. The molecule has 2 aromatic rings. The lowest BCUT2D eigenvalue weighted by Crippen LogP contribution is -2.03. The van der Waals surface area contributed by atoms with Gasteiger partial charge in [-0.2, -0.15) is 0 Å². The number of carboxylic acid groups (broad SMARTS) is 1. The van der Waals surface area contributed by atoms with Crippen LogP contribution in [-0.2, 0) is 4.79 Å². The van der Waals surface area contributed by atoms with Crippen molar-refractivity contribution in [3.05, 3.63) is 30.1 Å². The predicted molar refractivity (Wildman–Crippen MR) is 72.0 cm³/mol. The molecule has 1 aliphatic carbocycles. The van der Waals surface area contributed by atoms with E-state index in [1.807, 2.05) is 4.57 Å². The second-order valence-corrected chi connectivity index (χ2v) is 5.54. The SMILES string of the molecule is O=C(O)CSc1nnc(-c2cccc(F)c2)n1C1CC1. The number of hydrogen-bond donors (Lipinski definition) is 1. The molecule has 0 bridgehead atoms. The molecular formula is C13H12FN3O2S. The van der Waals surface area contributed by atoms with Gasteiger partial charge in [0.2, 0.25) is 0 Å². The van der Waals surface area contributed by atoms with Crippen LogP contribution in [0.15, 0.2) is 29.4 Å². The molecule has 1 aromatic heterocycles. The van der Waals surface area contributed by atoms with E-state index in [-0.39, 0.29) is 11.6 Å². The summed E-state index contributed by atoms with van der Waals surface area (Å²) in [4.78, 5) is 10.7. The molecule has 0 atom stereocenters. The van der Waals surface area contributed by atoms with E-state index in [0.29, 0.717) is 22.6 Å². The molecule has 3 rings (SSSR count). The van der Waals surface area contributed by atoms with Crippen LogP contribution in [0.2, 0.25) is 0 Å². The first-order valence-corrected chi connectivity index (χ1v) is 7.19. The van der Waals surface area contributed by atoms with Crippen molar-refractivity contribution in [2.24, 2.45) is 0 Å². The normalized spacial score (nSPS) is 14.4. The highest BCUT2D eigenvalue weighted by Crippen LogP contribution is 2.41. The van der Waals surface area contributed by atoms with Gasteiger partial charge >= 0.3 is 5.97 Å². The molecule has 0 saturated heterocycles. The van der Waals surface area contributed by atoms with Gasteiger partial charge in [-0.05, 0) is 25.0 Å². The topological polar surface area (TPSA) is 68.0 Å². The largest absolute Gasteiger partial charge is 0.481 e. The molecule has 0 amide bonds. The minimum Gasteiger partial charge on any atom is -0.481 e. The molecule has 1 saturated carbocycles. The second kappa shape index (κ2) is 5.24. The Hall–Kier alpha value is -1.89. The summed E-state index contributed by atoms with van der Waals surface area (Å²) in [6.45, 7) is 0. The van der Waals surface area contributed by atoms with Gasteiger partial charge < -0.3 is 5.11 Å². The van der Waals surface area contributed by atoms with Crippen molar-refractivity contribution in [3.63, 3.8) is 0 Å². The number of rotatable bonds is 5. The van der Waals surface area contributed by atoms with Crippen LogP contribution in [0.1, 0.15) is 18.9 Å². The smallest absolute Gasteiger partial charge is 0.313 e. The summed E-state index contributed by atoms with van der Waals surface area (Å²) in [6.07, 6.45) is 2.03. The van der Waals surface area contributed by atoms with Gasteiger partial charge in [-0.25, -0.2) is 4.39 Å². The van der Waals surface area contributed by atoms with E-state index in [0.717, 1.165) is 24.6 Å². The standard InChI is InChI=1S/C13H12FN3O2S/c14-9-3-1-2-8(6-9)12-15-16-13(20-7-11(18)19)17(12)10-4-5-10/h1-3,6,10H,4-5,7H2,(H,18,19). The first-order valence-electron chi connectivity index (χ1n) is 6.20. The van der Waals surface area contributed by atoms with E-state index >= 15 is 0 Å². The number of halogens is 1. The van der Waals surface area contributed by atoms with E-state index in [1.54, 1.807) is 12.1 Å². The third kappa shape index (κ3) is 2.67. The second-order valence-electron chi connectivity index (χ2n) is 4.60. The lowest BCUT2D eigenvalue weighted by atomic mass is 10.2. The molecule has 1 fully saturated rings. The summed E-state index contributed by atoms with van der Waals surface area (Å²) in [7, 11) is 0. The highest BCUT2D eigenvalue weighted by Gasteiger charge is 2.30. The van der Waals surface area contributed by atoms with Crippen molar-refractivity contribution in [1.82, 2.24) is 14.8 Å². The third-order valence-corrected chi connectivity index (χ3v) is 3.91. The Morgan fingerprint density at radius 3 is 2.90 bits per heavy atom. The zero-order chi connectivity index (χ0) is 14.1. The lowest BCUT2D eigenvalue weighted by Gasteiger charge is -2.08. The van der Waals surface area contributed by atoms with E-state index in [4.69, 9.17) is 5.11 Å². The summed E-state index contributed by atoms with van der Waals surface area (Å²) in [6, 6.07) is 6.48. The maximum absolute atomic E-state index is 13.3. The minimum absolute atomic E-state index is 0.0615. The Bertz CT molecular complexity index is 655. The molecule has 1 aliphatic rings. The Labute approximate surface area is 118 Å². The lowest BCUT2D eigenvalue weighted by molar-refractivity contribution is -0.133. The minimum atomic E-state index is -0.896. The number of aromatic nitrogens is 3. The van der Waals surface area contributed by atoms with E-state index in [9.17, 15) is 9.18 Å². The molecule has 0 spiro atoms. The van der Waals surface area contributed by atoms with E-state index in [2.05, 4.69) is 10.2 Å². The fourth-order valence-corrected chi connectivity index (χ4v) is 2.71. The van der Waals surface area contributed by atoms with Crippen molar-refractivity contribution in [2.45, 2.75) is 24.0 Å². The quantitative estimate of drug-likeness (QED) is 0.858. The summed E-state index contributed by atoms with van der Waals surface area (Å²) in [5, 5.41) is 17.5. The summed E-state index contributed by atoms with van der Waals surface area (Å²) in [5.41, 5.74) is 0.659. The summed E-state index contributed by atoms with van der Waals surface area (Å²) >= 11 is 1.14. The fraction of sp³-hybridized carbons (Fsp3) is 0.308. The van der Waals surface area contributed by atoms with Gasteiger partial charge in [-0.3, -0.25) is 9.36 Å². The third-order valence-electron chi connectivity index (χ3n) is 2.98. The molecule has 0 unspecified atom stereocenters. The van der Waals surface area contributed by atoms with E-state index in [1.165, 1.54) is 12.1 Å². The van der Waals surface area contributed by atoms with Crippen LogP contribution in [0.5, 0.6) is 0 Å². The Kier molecular flexibility index (Phi) is 3.43. The van der Waals surface area contributed by atoms with Crippen molar-refractivity contribution in [3.8, 4) is 11.4 Å². The van der Waals surface area contributed by atoms with Crippen molar-refractivity contribution in [2.75, 3.05) is 5.75 Å². The highest BCUT2D eigenvalue weighted by molar-refractivity contribution is 7.99. The molecular weight excluding hydrogens is 281 g/mol. The molecule has 5 nitrogen and oxygen atoms in total. The van der Waals surface area contributed by atoms with Gasteiger partial charge in [-0.1, -0.05) is 23.9 Å². The number of nitrogens with zero attached hydrogens (tertiary/aromatic N) is 3. The van der Waals surface area contributed by atoms with Crippen LogP contribution in [-0.4, -0.2) is 31.6 Å². The molecule has 104 valence electrons. The van der Waals surface area contributed by atoms with Gasteiger partial charge in [0.1, 0.15) is 5.82 Å². The molecule has 1 N–H and O–H groups in total. The first kappa shape index (κ1) is 13.1. The van der Waals surface area contributed by atoms with Gasteiger partial charge in [0.15, 0.2) is 11.0 Å². The number of aliphatic carboxylic acids is 1. The summed E-state index contributed by atoms with van der Waals surface area (Å²) in [5.74, 6) is -0.686. The van der Waals surface area contributed by atoms with Gasteiger partial charge in [0, 0.05) is 11.6 Å². The monoisotopic (exact) mass is 293 g/mol. The maximum Gasteiger partial charge on any atom is 0.313 e. The molecule has 1 aromatic carbocycles. The Balaban J connectivity index is 1.97. The highest BCUT2D eigenvalue weighted by atomic mass is 32.2. The molecule has 7 heteroatoms.